The third kappa shape index (κ3) is 2.66. The van der Waals surface area contributed by atoms with Crippen molar-refractivity contribution < 1.29 is 4.79 Å². The summed E-state index contributed by atoms with van der Waals surface area (Å²) in [4.78, 5) is 11.2. The molecule has 5 heteroatoms. The Morgan fingerprint density at radius 1 is 1.53 bits per heavy atom. The SMILES string of the molecule is CSC1(CNc2ccc(N)c(C(N)=O)c2)CC1. The first kappa shape index (κ1) is 12.1. The van der Waals surface area contributed by atoms with Crippen molar-refractivity contribution in [3.63, 3.8) is 0 Å². The summed E-state index contributed by atoms with van der Waals surface area (Å²) >= 11 is 1.89. The smallest absolute Gasteiger partial charge is 0.250 e. The van der Waals surface area contributed by atoms with Crippen LogP contribution in [0.5, 0.6) is 0 Å². The van der Waals surface area contributed by atoms with E-state index in [1.165, 1.54) is 12.8 Å². The molecule has 5 N–H and O–H groups in total. The molecule has 4 nitrogen and oxygen atoms in total. The number of carbonyl (C=O) groups is 1. The lowest BCUT2D eigenvalue weighted by molar-refractivity contribution is 0.100. The summed E-state index contributed by atoms with van der Waals surface area (Å²) in [5.74, 6) is -0.489. The number of carbonyl (C=O) groups excluding carboxylic acids is 1. The molecule has 0 atom stereocenters. The summed E-state index contributed by atoms with van der Waals surface area (Å²) < 4.78 is 0.383. The Morgan fingerprint density at radius 2 is 2.24 bits per heavy atom. The summed E-state index contributed by atoms with van der Waals surface area (Å²) in [6.07, 6.45) is 4.63. The van der Waals surface area contributed by atoms with Crippen molar-refractivity contribution >= 4 is 29.0 Å². The molecule has 0 aliphatic heterocycles. The van der Waals surface area contributed by atoms with Crippen LogP contribution >= 0.6 is 11.8 Å². The molecule has 2 rings (SSSR count). The second-order valence-corrected chi connectivity index (χ2v) is 5.68. The third-order valence-electron chi connectivity index (χ3n) is 3.17. The minimum atomic E-state index is -0.489. The highest BCUT2D eigenvalue weighted by Gasteiger charge is 2.41. The van der Waals surface area contributed by atoms with Gasteiger partial charge in [-0.25, -0.2) is 0 Å². The van der Waals surface area contributed by atoms with Gasteiger partial charge in [-0.2, -0.15) is 11.8 Å². The van der Waals surface area contributed by atoms with E-state index in [1.54, 1.807) is 12.1 Å². The quantitative estimate of drug-likeness (QED) is 0.695. The van der Waals surface area contributed by atoms with Crippen LogP contribution in [-0.2, 0) is 0 Å². The zero-order valence-corrected chi connectivity index (χ0v) is 10.6. The highest BCUT2D eigenvalue weighted by Crippen LogP contribution is 2.47. The highest BCUT2D eigenvalue weighted by atomic mass is 32.2. The molecule has 92 valence electrons. The monoisotopic (exact) mass is 251 g/mol. The standard InChI is InChI=1S/C12H17N3OS/c1-17-12(4-5-12)7-15-8-2-3-10(13)9(6-8)11(14)16/h2-3,6,15H,4-5,7,13H2,1H3,(H2,14,16). The molecular formula is C12H17N3OS. The average molecular weight is 251 g/mol. The maximum absolute atomic E-state index is 11.2. The summed E-state index contributed by atoms with van der Waals surface area (Å²) in [6.45, 7) is 0.913. The maximum Gasteiger partial charge on any atom is 0.250 e. The lowest BCUT2D eigenvalue weighted by Crippen LogP contribution is -2.18. The molecule has 1 aromatic carbocycles. The van der Waals surface area contributed by atoms with E-state index in [1.807, 2.05) is 17.8 Å². The molecule has 1 aliphatic rings. The fourth-order valence-electron chi connectivity index (χ4n) is 1.74. The Morgan fingerprint density at radius 3 is 2.76 bits per heavy atom. The number of thioether (sulfide) groups is 1. The number of nitrogen functional groups attached to an aromatic ring is 1. The van der Waals surface area contributed by atoms with Crippen LogP contribution in [0.1, 0.15) is 23.2 Å². The van der Waals surface area contributed by atoms with Gasteiger partial charge < -0.3 is 16.8 Å². The van der Waals surface area contributed by atoms with Gasteiger partial charge in [0.1, 0.15) is 0 Å². The van der Waals surface area contributed by atoms with Crippen LogP contribution in [0.25, 0.3) is 0 Å². The van der Waals surface area contributed by atoms with Crippen molar-refractivity contribution in [1.29, 1.82) is 0 Å². The fourth-order valence-corrected chi connectivity index (χ4v) is 2.46. The van der Waals surface area contributed by atoms with Crippen LogP contribution in [0.2, 0.25) is 0 Å². The fraction of sp³-hybridized carbons (Fsp3) is 0.417. The molecule has 0 aromatic heterocycles. The number of hydrogen-bond acceptors (Lipinski definition) is 4. The molecule has 0 bridgehead atoms. The summed E-state index contributed by atoms with van der Waals surface area (Å²) in [6, 6.07) is 5.30. The first-order valence-electron chi connectivity index (χ1n) is 5.55. The largest absolute Gasteiger partial charge is 0.398 e. The van der Waals surface area contributed by atoms with Crippen molar-refractivity contribution in [2.24, 2.45) is 5.73 Å². The Bertz CT molecular complexity index is 443. The van der Waals surface area contributed by atoms with E-state index in [0.717, 1.165) is 12.2 Å². The number of anilines is 2. The van der Waals surface area contributed by atoms with Gasteiger partial charge in [0.05, 0.1) is 5.56 Å². The van der Waals surface area contributed by atoms with Crippen LogP contribution in [0.15, 0.2) is 18.2 Å². The zero-order chi connectivity index (χ0) is 12.5. The number of rotatable bonds is 5. The van der Waals surface area contributed by atoms with E-state index in [2.05, 4.69) is 11.6 Å². The third-order valence-corrected chi connectivity index (χ3v) is 4.59. The van der Waals surface area contributed by atoms with Gasteiger partial charge in [-0.1, -0.05) is 0 Å². The van der Waals surface area contributed by atoms with Gasteiger partial charge in [-0.05, 0) is 37.3 Å². The summed E-state index contributed by atoms with van der Waals surface area (Å²) in [5.41, 5.74) is 12.6. The van der Waals surface area contributed by atoms with Gasteiger partial charge >= 0.3 is 0 Å². The molecule has 1 saturated carbocycles. The Hall–Kier alpha value is -1.36. The number of amides is 1. The lowest BCUT2D eigenvalue weighted by atomic mass is 10.1. The lowest BCUT2D eigenvalue weighted by Gasteiger charge is -2.15. The Kier molecular flexibility index (Phi) is 3.19. The molecule has 1 aromatic rings. The number of benzene rings is 1. The van der Waals surface area contributed by atoms with Crippen molar-refractivity contribution in [3.8, 4) is 0 Å². The average Bonchev–Trinajstić information content (AvgIpc) is 3.08. The normalized spacial score (nSPS) is 16.5. The summed E-state index contributed by atoms with van der Waals surface area (Å²) in [7, 11) is 0. The predicted octanol–water partition coefficient (Wildman–Crippen LogP) is 1.68. The predicted molar refractivity (Wildman–Crippen MR) is 73.3 cm³/mol. The van der Waals surface area contributed by atoms with E-state index in [0.29, 0.717) is 16.0 Å². The Labute approximate surface area is 105 Å². The van der Waals surface area contributed by atoms with Crippen LogP contribution in [-0.4, -0.2) is 23.5 Å². The molecule has 1 fully saturated rings. The molecule has 0 unspecified atom stereocenters. The number of primary amides is 1. The van der Waals surface area contributed by atoms with Gasteiger partial charge in [0, 0.05) is 22.7 Å². The second-order valence-electron chi connectivity index (χ2n) is 4.41. The van der Waals surface area contributed by atoms with E-state index < -0.39 is 5.91 Å². The van der Waals surface area contributed by atoms with Gasteiger partial charge in [-0.3, -0.25) is 4.79 Å². The van der Waals surface area contributed by atoms with Gasteiger partial charge in [-0.15, -0.1) is 0 Å². The van der Waals surface area contributed by atoms with Crippen LogP contribution in [0.4, 0.5) is 11.4 Å². The molecule has 1 amide bonds. The van der Waals surface area contributed by atoms with Crippen molar-refractivity contribution in [2.45, 2.75) is 17.6 Å². The first-order valence-corrected chi connectivity index (χ1v) is 6.77. The molecular weight excluding hydrogens is 234 g/mol. The molecule has 0 saturated heterocycles. The zero-order valence-electron chi connectivity index (χ0n) is 9.82. The van der Waals surface area contributed by atoms with Crippen molar-refractivity contribution in [3.05, 3.63) is 23.8 Å². The summed E-state index contributed by atoms with van der Waals surface area (Å²) in [5, 5.41) is 3.34. The van der Waals surface area contributed by atoms with Crippen LogP contribution in [0, 0.1) is 0 Å². The number of nitrogens with two attached hydrogens (primary N) is 2. The van der Waals surface area contributed by atoms with Gasteiger partial charge in [0.2, 0.25) is 0 Å². The minimum Gasteiger partial charge on any atom is -0.398 e. The van der Waals surface area contributed by atoms with Crippen LogP contribution < -0.4 is 16.8 Å². The van der Waals surface area contributed by atoms with E-state index in [9.17, 15) is 4.79 Å². The Balaban J connectivity index is 2.06. The van der Waals surface area contributed by atoms with Gasteiger partial charge in [0.25, 0.3) is 5.91 Å². The molecule has 17 heavy (non-hydrogen) atoms. The highest BCUT2D eigenvalue weighted by molar-refractivity contribution is 8.00. The number of nitrogens with one attached hydrogen (secondary N) is 1. The molecule has 0 spiro atoms. The topological polar surface area (TPSA) is 81.1 Å². The first-order chi connectivity index (χ1) is 8.06. The van der Waals surface area contributed by atoms with Crippen LogP contribution in [0.3, 0.4) is 0 Å². The molecule has 0 radical (unpaired) electrons. The maximum atomic E-state index is 11.2. The molecule has 0 heterocycles. The van der Waals surface area contributed by atoms with Crippen molar-refractivity contribution in [2.75, 3.05) is 23.9 Å². The molecule has 1 aliphatic carbocycles. The van der Waals surface area contributed by atoms with Crippen molar-refractivity contribution in [1.82, 2.24) is 0 Å². The van der Waals surface area contributed by atoms with E-state index in [4.69, 9.17) is 11.5 Å². The minimum absolute atomic E-state index is 0.379. The van der Waals surface area contributed by atoms with E-state index >= 15 is 0 Å². The van der Waals surface area contributed by atoms with Gasteiger partial charge in [0.15, 0.2) is 0 Å². The second kappa shape index (κ2) is 4.49. The van der Waals surface area contributed by atoms with E-state index in [-0.39, 0.29) is 0 Å². The number of hydrogen-bond donors (Lipinski definition) is 3.